The Hall–Kier alpha value is -3.39. The smallest absolute Gasteiger partial charge is 0.408 e. The van der Waals surface area contributed by atoms with Crippen LogP contribution >= 0.6 is 0 Å². The molecule has 0 saturated heterocycles. The lowest BCUT2D eigenvalue weighted by Crippen LogP contribution is -2.57. The monoisotopic (exact) mass is 468 g/mol. The summed E-state index contributed by atoms with van der Waals surface area (Å²) in [6, 6.07) is 16.1. The van der Waals surface area contributed by atoms with Crippen molar-refractivity contribution in [3.63, 3.8) is 0 Å². The van der Waals surface area contributed by atoms with Crippen LogP contribution in [0.5, 0.6) is 0 Å². The summed E-state index contributed by atoms with van der Waals surface area (Å²) in [5.41, 5.74) is 3.27. The molecule has 0 fully saturated rings. The van der Waals surface area contributed by atoms with E-state index in [4.69, 9.17) is 14.6 Å². The second-order valence-corrected chi connectivity index (χ2v) is 8.70. The first-order chi connectivity index (χ1) is 16.3. The van der Waals surface area contributed by atoms with Crippen LogP contribution in [0.3, 0.4) is 0 Å². The number of methoxy groups -OCH3 is 1. The van der Waals surface area contributed by atoms with E-state index in [2.05, 4.69) is 22.8 Å². The molecular formula is C26H32N2O6. The zero-order valence-corrected chi connectivity index (χ0v) is 19.8. The molecule has 0 bridgehead atoms. The van der Waals surface area contributed by atoms with Gasteiger partial charge in [-0.1, -0.05) is 61.9 Å². The molecule has 0 aromatic heterocycles. The van der Waals surface area contributed by atoms with E-state index in [9.17, 15) is 14.4 Å². The van der Waals surface area contributed by atoms with Crippen molar-refractivity contribution in [3.05, 3.63) is 59.7 Å². The number of carbonyl (C=O) groups excluding carboxylic acids is 2. The molecule has 0 radical (unpaired) electrons. The van der Waals surface area contributed by atoms with Crippen LogP contribution in [0.1, 0.15) is 50.2 Å². The summed E-state index contributed by atoms with van der Waals surface area (Å²) >= 11 is 0. The molecule has 1 aliphatic rings. The predicted octanol–water partition coefficient (Wildman–Crippen LogP) is 3.69. The third-order valence-corrected chi connectivity index (χ3v) is 6.20. The molecule has 8 heteroatoms. The van der Waals surface area contributed by atoms with Crippen molar-refractivity contribution in [2.45, 2.75) is 50.7 Å². The Bertz CT molecular complexity index is 994. The van der Waals surface area contributed by atoms with E-state index in [1.54, 1.807) is 6.92 Å². The summed E-state index contributed by atoms with van der Waals surface area (Å²) in [5.74, 6) is -1.52. The number of benzene rings is 2. The first kappa shape index (κ1) is 25.2. The molecule has 2 aromatic rings. The normalized spacial score (nSPS) is 14.9. The Labute approximate surface area is 199 Å². The summed E-state index contributed by atoms with van der Waals surface area (Å²) in [6.07, 6.45) is -0.541. The van der Waals surface area contributed by atoms with E-state index in [1.807, 2.05) is 43.3 Å². The summed E-state index contributed by atoms with van der Waals surface area (Å²) in [4.78, 5) is 36.6. The summed E-state index contributed by atoms with van der Waals surface area (Å²) < 4.78 is 10.7. The first-order valence-electron chi connectivity index (χ1n) is 11.4. The van der Waals surface area contributed by atoms with Crippen LogP contribution in [0.4, 0.5) is 4.79 Å². The SMILES string of the molecule is CCCC(C)(NC(=O)OCC1c2ccccc2-c2ccccc21)C(=O)NCC(CC(=O)O)OC. The molecule has 2 aromatic carbocycles. The Morgan fingerprint density at radius 1 is 1.06 bits per heavy atom. The Balaban J connectivity index is 1.64. The van der Waals surface area contributed by atoms with Gasteiger partial charge in [0.2, 0.25) is 5.91 Å². The van der Waals surface area contributed by atoms with E-state index >= 15 is 0 Å². The maximum Gasteiger partial charge on any atom is 0.408 e. The van der Waals surface area contributed by atoms with Crippen molar-refractivity contribution in [1.82, 2.24) is 10.6 Å². The van der Waals surface area contributed by atoms with Crippen LogP contribution < -0.4 is 10.6 Å². The third kappa shape index (κ3) is 5.75. The van der Waals surface area contributed by atoms with Crippen LogP contribution in [0.25, 0.3) is 11.1 Å². The fourth-order valence-corrected chi connectivity index (χ4v) is 4.43. The van der Waals surface area contributed by atoms with Crippen LogP contribution in [0.2, 0.25) is 0 Å². The fraction of sp³-hybridized carbons (Fsp3) is 0.423. The molecule has 1 aliphatic carbocycles. The van der Waals surface area contributed by atoms with E-state index in [0.29, 0.717) is 12.8 Å². The molecule has 2 unspecified atom stereocenters. The molecule has 0 saturated carbocycles. The van der Waals surface area contributed by atoms with Gasteiger partial charge in [-0.3, -0.25) is 9.59 Å². The van der Waals surface area contributed by atoms with Gasteiger partial charge in [0, 0.05) is 19.6 Å². The Kier molecular flexibility index (Phi) is 8.28. The highest BCUT2D eigenvalue weighted by molar-refractivity contribution is 5.89. The minimum absolute atomic E-state index is 0.0211. The lowest BCUT2D eigenvalue weighted by Gasteiger charge is -2.30. The number of rotatable bonds is 11. The lowest BCUT2D eigenvalue weighted by atomic mass is 9.95. The topological polar surface area (TPSA) is 114 Å². The van der Waals surface area contributed by atoms with Crippen LogP contribution in [0, 0.1) is 0 Å². The molecule has 8 nitrogen and oxygen atoms in total. The second-order valence-electron chi connectivity index (χ2n) is 8.70. The van der Waals surface area contributed by atoms with Crippen LogP contribution in [-0.2, 0) is 19.1 Å². The quantitative estimate of drug-likeness (QED) is 0.464. The van der Waals surface area contributed by atoms with Gasteiger partial charge in [0.15, 0.2) is 0 Å². The van der Waals surface area contributed by atoms with Crippen molar-refractivity contribution in [2.75, 3.05) is 20.3 Å². The van der Waals surface area contributed by atoms with E-state index in [-0.39, 0.29) is 25.5 Å². The van der Waals surface area contributed by atoms with Gasteiger partial charge >= 0.3 is 12.1 Å². The predicted molar refractivity (Wildman–Crippen MR) is 128 cm³/mol. The zero-order chi connectivity index (χ0) is 24.7. The van der Waals surface area contributed by atoms with Crippen molar-refractivity contribution >= 4 is 18.0 Å². The van der Waals surface area contributed by atoms with Gasteiger partial charge in [-0.05, 0) is 35.6 Å². The van der Waals surface area contributed by atoms with Crippen molar-refractivity contribution in [1.29, 1.82) is 0 Å². The molecule has 0 spiro atoms. The maximum absolute atomic E-state index is 12.9. The number of nitrogens with one attached hydrogen (secondary N) is 2. The van der Waals surface area contributed by atoms with Crippen molar-refractivity contribution in [3.8, 4) is 11.1 Å². The van der Waals surface area contributed by atoms with Gasteiger partial charge in [-0.15, -0.1) is 0 Å². The van der Waals surface area contributed by atoms with Gasteiger partial charge in [0.1, 0.15) is 12.1 Å². The third-order valence-electron chi connectivity index (χ3n) is 6.20. The van der Waals surface area contributed by atoms with Crippen molar-refractivity contribution < 1.29 is 29.0 Å². The number of alkyl carbamates (subject to hydrolysis) is 1. The molecule has 0 heterocycles. The van der Waals surface area contributed by atoms with Gasteiger partial charge in [-0.2, -0.15) is 0 Å². The lowest BCUT2D eigenvalue weighted by molar-refractivity contribution is -0.140. The second kappa shape index (κ2) is 11.2. The van der Waals surface area contributed by atoms with Crippen molar-refractivity contribution in [2.24, 2.45) is 0 Å². The van der Waals surface area contributed by atoms with Crippen LogP contribution in [0.15, 0.2) is 48.5 Å². The summed E-state index contributed by atoms with van der Waals surface area (Å²) in [6.45, 7) is 3.71. The molecule has 34 heavy (non-hydrogen) atoms. The molecule has 3 rings (SSSR count). The first-order valence-corrected chi connectivity index (χ1v) is 11.4. The minimum Gasteiger partial charge on any atom is -0.481 e. The highest BCUT2D eigenvalue weighted by atomic mass is 16.5. The number of carbonyl (C=O) groups is 3. The highest BCUT2D eigenvalue weighted by Crippen LogP contribution is 2.44. The number of amides is 2. The molecule has 182 valence electrons. The number of hydrogen-bond donors (Lipinski definition) is 3. The number of carboxylic acid groups (broad SMARTS) is 1. The molecule has 2 atom stereocenters. The fourth-order valence-electron chi connectivity index (χ4n) is 4.43. The highest BCUT2D eigenvalue weighted by Gasteiger charge is 2.36. The largest absolute Gasteiger partial charge is 0.481 e. The molecule has 0 aliphatic heterocycles. The van der Waals surface area contributed by atoms with Gasteiger partial charge in [-0.25, -0.2) is 4.79 Å². The van der Waals surface area contributed by atoms with E-state index in [1.165, 1.54) is 7.11 Å². The van der Waals surface area contributed by atoms with E-state index < -0.39 is 29.6 Å². The average Bonchev–Trinajstić information content (AvgIpc) is 3.13. The standard InChI is InChI=1S/C26H32N2O6/c1-4-13-26(2,24(31)27-15-17(33-3)14-23(29)30)28-25(32)34-16-22-20-11-7-5-9-18(20)19-10-6-8-12-21(19)22/h5-12,17,22H,4,13-16H2,1-3H3,(H,27,31)(H,28,32)(H,29,30). The number of fused-ring (bicyclic) bond motifs is 3. The molecule has 2 amide bonds. The Morgan fingerprint density at radius 3 is 2.18 bits per heavy atom. The number of ether oxygens (including phenoxy) is 2. The summed E-state index contributed by atoms with van der Waals surface area (Å²) in [7, 11) is 1.39. The molecule has 3 N–H and O–H groups in total. The average molecular weight is 469 g/mol. The van der Waals surface area contributed by atoms with E-state index in [0.717, 1.165) is 22.3 Å². The maximum atomic E-state index is 12.9. The molecular weight excluding hydrogens is 436 g/mol. The van der Waals surface area contributed by atoms with Gasteiger partial charge in [0.05, 0.1) is 12.5 Å². The summed E-state index contributed by atoms with van der Waals surface area (Å²) in [5, 5.41) is 14.4. The minimum atomic E-state index is -1.21. The number of aliphatic carboxylic acids is 1. The van der Waals surface area contributed by atoms with Gasteiger partial charge in [0.25, 0.3) is 0 Å². The number of hydrogen-bond acceptors (Lipinski definition) is 5. The Morgan fingerprint density at radius 2 is 1.65 bits per heavy atom. The number of carboxylic acids is 1. The van der Waals surface area contributed by atoms with Gasteiger partial charge < -0.3 is 25.2 Å². The zero-order valence-electron chi connectivity index (χ0n) is 19.8. The van der Waals surface area contributed by atoms with Crippen LogP contribution in [-0.4, -0.2) is 55.0 Å².